The third-order valence-corrected chi connectivity index (χ3v) is 4.86. The van der Waals surface area contributed by atoms with Gasteiger partial charge in [0.15, 0.2) is 0 Å². The van der Waals surface area contributed by atoms with Gasteiger partial charge in [0.05, 0.1) is 36.4 Å². The molecular formula is C21H32N3O3+. The molecule has 148 valence electrons. The fraction of sp³-hybridized carbons (Fsp3) is 0.524. The second-order valence-electron chi connectivity index (χ2n) is 7.51. The van der Waals surface area contributed by atoms with Crippen molar-refractivity contribution in [3.63, 3.8) is 0 Å². The number of aryl methyl sites for hydroxylation is 2. The van der Waals surface area contributed by atoms with Crippen LogP contribution in [0.1, 0.15) is 55.1 Å². The molecule has 0 aliphatic carbocycles. The first-order valence-electron chi connectivity index (χ1n) is 9.58. The van der Waals surface area contributed by atoms with E-state index in [9.17, 15) is 4.79 Å². The molecule has 6 nitrogen and oxygen atoms in total. The van der Waals surface area contributed by atoms with Crippen LogP contribution in [0.2, 0.25) is 0 Å². The van der Waals surface area contributed by atoms with Crippen molar-refractivity contribution in [2.45, 2.75) is 60.2 Å². The minimum absolute atomic E-state index is 0.0564. The van der Waals surface area contributed by atoms with E-state index in [1.165, 1.54) is 4.90 Å². The SMILES string of the molecule is Cc1noc(C)c1COc1ccc(C(=O)NCC[NH+](C(C)C)C(C)C)cc1. The molecule has 0 aliphatic heterocycles. The zero-order valence-corrected chi connectivity index (χ0v) is 17.3. The molecule has 0 aliphatic rings. The normalized spacial score (nSPS) is 11.4. The molecule has 0 spiro atoms. The van der Waals surface area contributed by atoms with Crippen molar-refractivity contribution in [1.82, 2.24) is 10.5 Å². The number of rotatable bonds is 9. The molecule has 1 aromatic carbocycles. The Balaban J connectivity index is 1.84. The lowest BCUT2D eigenvalue weighted by atomic mass is 10.2. The van der Waals surface area contributed by atoms with Crippen molar-refractivity contribution in [3.05, 3.63) is 46.8 Å². The summed E-state index contributed by atoms with van der Waals surface area (Å²) in [6.07, 6.45) is 0. The molecule has 2 aromatic rings. The van der Waals surface area contributed by atoms with Crippen LogP contribution in [0.25, 0.3) is 0 Å². The maximum absolute atomic E-state index is 12.3. The highest BCUT2D eigenvalue weighted by Crippen LogP contribution is 2.17. The van der Waals surface area contributed by atoms with Crippen molar-refractivity contribution in [1.29, 1.82) is 0 Å². The number of carbonyl (C=O) groups excluding carboxylic acids is 1. The van der Waals surface area contributed by atoms with Gasteiger partial charge in [-0.1, -0.05) is 5.16 Å². The topological polar surface area (TPSA) is 68.8 Å². The fourth-order valence-corrected chi connectivity index (χ4v) is 3.23. The highest BCUT2D eigenvalue weighted by molar-refractivity contribution is 5.94. The molecule has 2 rings (SSSR count). The lowest BCUT2D eigenvalue weighted by molar-refractivity contribution is -0.941. The summed E-state index contributed by atoms with van der Waals surface area (Å²) in [5, 5.41) is 6.93. The summed E-state index contributed by atoms with van der Waals surface area (Å²) in [5.41, 5.74) is 2.43. The van der Waals surface area contributed by atoms with E-state index in [2.05, 4.69) is 38.2 Å². The minimum Gasteiger partial charge on any atom is -0.489 e. The van der Waals surface area contributed by atoms with Crippen molar-refractivity contribution in [2.24, 2.45) is 0 Å². The smallest absolute Gasteiger partial charge is 0.251 e. The molecule has 1 aromatic heterocycles. The number of nitrogens with zero attached hydrogens (tertiary/aromatic N) is 1. The van der Waals surface area contributed by atoms with E-state index in [0.29, 0.717) is 36.5 Å². The molecule has 0 bridgehead atoms. The van der Waals surface area contributed by atoms with Gasteiger partial charge >= 0.3 is 0 Å². The van der Waals surface area contributed by atoms with E-state index in [-0.39, 0.29) is 5.91 Å². The van der Waals surface area contributed by atoms with Crippen LogP contribution in [0.15, 0.2) is 28.8 Å². The summed E-state index contributed by atoms with van der Waals surface area (Å²) in [4.78, 5) is 13.8. The van der Waals surface area contributed by atoms with Crippen LogP contribution in [0.3, 0.4) is 0 Å². The van der Waals surface area contributed by atoms with Crippen LogP contribution in [0, 0.1) is 13.8 Å². The van der Waals surface area contributed by atoms with Crippen LogP contribution >= 0.6 is 0 Å². The predicted octanol–water partition coefficient (Wildman–Crippen LogP) is 2.30. The number of hydrogen-bond acceptors (Lipinski definition) is 4. The van der Waals surface area contributed by atoms with Crippen LogP contribution in [-0.2, 0) is 6.61 Å². The van der Waals surface area contributed by atoms with E-state index >= 15 is 0 Å². The number of aromatic nitrogens is 1. The summed E-state index contributed by atoms with van der Waals surface area (Å²) >= 11 is 0. The third kappa shape index (κ3) is 5.82. The van der Waals surface area contributed by atoms with Crippen molar-refractivity contribution >= 4 is 5.91 Å². The standard InChI is InChI=1S/C21H31N3O3/c1-14(2)24(15(3)4)12-11-22-21(25)18-7-9-19(10-8-18)26-13-20-16(5)23-27-17(20)6/h7-10,14-15H,11-13H2,1-6H3,(H,22,25)/p+1. The van der Waals surface area contributed by atoms with E-state index in [4.69, 9.17) is 9.26 Å². The summed E-state index contributed by atoms with van der Waals surface area (Å²) in [7, 11) is 0. The number of amides is 1. The van der Waals surface area contributed by atoms with E-state index in [0.717, 1.165) is 23.6 Å². The van der Waals surface area contributed by atoms with Crippen molar-refractivity contribution < 1.29 is 19.0 Å². The van der Waals surface area contributed by atoms with Gasteiger partial charge < -0.3 is 19.5 Å². The summed E-state index contributed by atoms with van der Waals surface area (Å²) < 4.78 is 10.9. The Morgan fingerprint density at radius 1 is 1.15 bits per heavy atom. The highest BCUT2D eigenvalue weighted by atomic mass is 16.5. The summed E-state index contributed by atoms with van der Waals surface area (Å²) in [5.74, 6) is 1.42. The number of benzene rings is 1. The Morgan fingerprint density at radius 2 is 1.78 bits per heavy atom. The van der Waals surface area contributed by atoms with Gasteiger partial charge in [-0.3, -0.25) is 4.79 Å². The first-order valence-corrected chi connectivity index (χ1v) is 9.58. The number of hydrogen-bond donors (Lipinski definition) is 2. The monoisotopic (exact) mass is 374 g/mol. The van der Waals surface area contributed by atoms with Gasteiger partial charge in [0.2, 0.25) is 0 Å². The van der Waals surface area contributed by atoms with Gasteiger partial charge in [0, 0.05) is 5.56 Å². The quantitative estimate of drug-likeness (QED) is 0.707. The zero-order valence-electron chi connectivity index (χ0n) is 17.3. The van der Waals surface area contributed by atoms with Gasteiger partial charge in [-0.15, -0.1) is 0 Å². The Bertz CT molecular complexity index is 708. The van der Waals surface area contributed by atoms with E-state index in [1.807, 2.05) is 26.0 Å². The van der Waals surface area contributed by atoms with Gasteiger partial charge in [-0.05, 0) is 65.8 Å². The molecule has 0 fully saturated rings. The first kappa shape index (κ1) is 21.0. The highest BCUT2D eigenvalue weighted by Gasteiger charge is 2.17. The second kappa shape index (κ2) is 9.55. The minimum atomic E-state index is -0.0564. The third-order valence-electron chi connectivity index (χ3n) is 4.86. The Hall–Kier alpha value is -2.34. The number of ether oxygens (including phenoxy) is 1. The largest absolute Gasteiger partial charge is 0.489 e. The summed E-state index contributed by atoms with van der Waals surface area (Å²) in [6.45, 7) is 14.6. The molecular weight excluding hydrogens is 342 g/mol. The average molecular weight is 375 g/mol. The maximum atomic E-state index is 12.3. The van der Waals surface area contributed by atoms with Crippen molar-refractivity contribution in [3.8, 4) is 5.75 Å². The van der Waals surface area contributed by atoms with Crippen LogP contribution < -0.4 is 15.0 Å². The number of quaternary nitrogens is 1. The van der Waals surface area contributed by atoms with Gasteiger partial charge in [0.1, 0.15) is 18.1 Å². The van der Waals surface area contributed by atoms with Gasteiger partial charge in [0.25, 0.3) is 5.91 Å². The second-order valence-corrected chi connectivity index (χ2v) is 7.51. The van der Waals surface area contributed by atoms with Gasteiger partial charge in [-0.25, -0.2) is 0 Å². The molecule has 0 unspecified atom stereocenters. The zero-order chi connectivity index (χ0) is 20.0. The first-order chi connectivity index (χ1) is 12.8. The van der Waals surface area contributed by atoms with Crippen LogP contribution in [-0.4, -0.2) is 36.2 Å². The molecule has 1 amide bonds. The van der Waals surface area contributed by atoms with Gasteiger partial charge in [-0.2, -0.15) is 0 Å². The fourth-order valence-electron chi connectivity index (χ4n) is 3.23. The number of nitrogens with one attached hydrogen (secondary N) is 2. The Labute approximate surface area is 161 Å². The molecule has 6 heteroatoms. The van der Waals surface area contributed by atoms with Crippen LogP contribution in [0.4, 0.5) is 0 Å². The lowest BCUT2D eigenvalue weighted by Gasteiger charge is -2.27. The average Bonchev–Trinajstić information content (AvgIpc) is 2.94. The maximum Gasteiger partial charge on any atom is 0.251 e. The predicted molar refractivity (Wildman–Crippen MR) is 105 cm³/mol. The number of carbonyl (C=O) groups is 1. The lowest BCUT2D eigenvalue weighted by Crippen LogP contribution is -3.18. The Kier molecular flexibility index (Phi) is 7.42. The molecule has 0 atom stereocenters. The summed E-state index contributed by atoms with van der Waals surface area (Å²) in [6, 6.07) is 8.27. The molecule has 1 heterocycles. The van der Waals surface area contributed by atoms with E-state index in [1.54, 1.807) is 12.1 Å². The van der Waals surface area contributed by atoms with E-state index < -0.39 is 0 Å². The molecule has 2 N–H and O–H groups in total. The molecule has 0 saturated heterocycles. The molecule has 0 radical (unpaired) electrons. The molecule has 0 saturated carbocycles. The van der Waals surface area contributed by atoms with Crippen molar-refractivity contribution in [2.75, 3.05) is 13.1 Å². The van der Waals surface area contributed by atoms with Crippen LogP contribution in [0.5, 0.6) is 5.75 Å². The molecule has 27 heavy (non-hydrogen) atoms. The Morgan fingerprint density at radius 3 is 2.30 bits per heavy atom.